The van der Waals surface area contributed by atoms with E-state index in [1.807, 2.05) is 0 Å². The molecule has 23 heteroatoms. The van der Waals surface area contributed by atoms with Crippen molar-refractivity contribution < 1.29 is 65.9 Å². The molecule has 55 heavy (non-hydrogen) atoms. The van der Waals surface area contributed by atoms with E-state index in [9.17, 15) is 35.1 Å². The Kier molecular flexibility index (Phi) is 9.85. The molecule has 9 aliphatic rings. The standard InChI is InChI=1S/C32H41F15N8/c33-3-1-2-4(12(35)11(3)34)26-48-25(2)49-27-5-6(14(37)20(43)19(42)13(5)36)29(51-27)53-31-9-10(18(41)24(47)23(46)17(9)40)32(55-31)54-30-8-7(28(50-26)52-30)15(38)21(44)22(45)16(8)39/h2-32,48-55H,1H2. The number of hydrogen-bond acceptors (Lipinski definition) is 8. The third-order valence-corrected chi connectivity index (χ3v) is 14.3. The van der Waals surface area contributed by atoms with Crippen LogP contribution >= 0.6 is 0 Å². The molecule has 4 saturated carbocycles. The Labute approximate surface area is 304 Å². The topological polar surface area (TPSA) is 96.2 Å². The number of hydrogen-bond donors (Lipinski definition) is 8. The number of alkyl halides is 15. The molecule has 5 saturated heterocycles. The van der Waals surface area contributed by atoms with Gasteiger partial charge in [-0.05, 0) is 12.3 Å². The molecule has 5 aliphatic heterocycles. The van der Waals surface area contributed by atoms with Gasteiger partial charge in [0.15, 0.2) is 43.2 Å². The smallest absolute Gasteiger partial charge is 0.165 e. The van der Waals surface area contributed by atoms with Crippen LogP contribution in [0.5, 0.6) is 0 Å². The Hall–Kier alpha value is -1.37. The SMILES string of the molecule is FC1CC2C3NC(NC4NC(NC5NC(NC6NC(N3)C3C(F)C(F)C(F)C(F)C63)C3C(F)C(F)C(F)C(F)C53)C3C(F)C(F)C(F)C(F)C43)C2C(F)C1F. The Morgan fingerprint density at radius 3 is 0.673 bits per heavy atom. The first kappa shape index (κ1) is 39.1. The van der Waals surface area contributed by atoms with Crippen LogP contribution in [-0.2, 0) is 0 Å². The molecule has 9 rings (SSSR count). The molecule has 0 aromatic rings. The van der Waals surface area contributed by atoms with Crippen LogP contribution in [0, 0.1) is 47.3 Å². The quantitative estimate of drug-likeness (QED) is 0.176. The number of halogens is 15. The summed E-state index contributed by atoms with van der Waals surface area (Å²) in [6, 6.07) is 0. The predicted octanol–water partition coefficient (Wildman–Crippen LogP) is 1.83. The van der Waals surface area contributed by atoms with Crippen LogP contribution in [0.4, 0.5) is 65.9 Å². The van der Waals surface area contributed by atoms with Crippen LogP contribution in [-0.4, -0.2) is 142 Å². The van der Waals surface area contributed by atoms with E-state index in [0.29, 0.717) is 0 Å². The Morgan fingerprint density at radius 1 is 0.218 bits per heavy atom. The van der Waals surface area contributed by atoms with Crippen LogP contribution in [0.3, 0.4) is 0 Å². The summed E-state index contributed by atoms with van der Waals surface area (Å²) in [5, 5.41) is 21.9. The van der Waals surface area contributed by atoms with Crippen molar-refractivity contribution in [3.8, 4) is 0 Å². The molecule has 0 aromatic heterocycles. The van der Waals surface area contributed by atoms with Gasteiger partial charge in [0.2, 0.25) is 0 Å². The Morgan fingerprint density at radius 2 is 0.418 bits per heavy atom. The lowest BCUT2D eigenvalue weighted by molar-refractivity contribution is -0.0901. The van der Waals surface area contributed by atoms with E-state index >= 15 is 30.7 Å². The Balaban J connectivity index is 1.14. The Bertz CT molecular complexity index is 1430. The predicted molar refractivity (Wildman–Crippen MR) is 161 cm³/mol. The molecule has 5 heterocycles. The van der Waals surface area contributed by atoms with E-state index in [2.05, 4.69) is 42.5 Å². The van der Waals surface area contributed by atoms with Gasteiger partial charge in [-0.3, -0.25) is 42.5 Å². The molecule has 314 valence electrons. The maximum absolute atomic E-state index is 15.8. The van der Waals surface area contributed by atoms with Gasteiger partial charge in [-0.25, -0.2) is 65.9 Å². The average molecular weight is 823 g/mol. The molecule has 0 amide bonds. The average Bonchev–Trinajstić information content (AvgIpc) is 3.89. The van der Waals surface area contributed by atoms with Crippen molar-refractivity contribution in [1.29, 1.82) is 0 Å². The van der Waals surface area contributed by atoms with Gasteiger partial charge in [0, 0.05) is 41.4 Å². The summed E-state index contributed by atoms with van der Waals surface area (Å²) < 4.78 is 230. The minimum atomic E-state index is -3.03. The van der Waals surface area contributed by atoms with Gasteiger partial charge in [-0.1, -0.05) is 0 Å². The van der Waals surface area contributed by atoms with E-state index in [1.165, 1.54) is 0 Å². The molecule has 31 unspecified atom stereocenters. The lowest BCUT2D eigenvalue weighted by Gasteiger charge is -2.42. The monoisotopic (exact) mass is 822 g/mol. The van der Waals surface area contributed by atoms with Gasteiger partial charge in [0.1, 0.15) is 49.4 Å². The zero-order chi connectivity index (χ0) is 39.3. The molecule has 8 N–H and O–H groups in total. The summed E-state index contributed by atoms with van der Waals surface area (Å²) in [6.07, 6.45) is -55.6. The molecular weight excluding hydrogens is 781 g/mol. The van der Waals surface area contributed by atoms with E-state index in [1.54, 1.807) is 0 Å². The minimum Gasteiger partial charge on any atom is -0.286 e. The van der Waals surface area contributed by atoms with Gasteiger partial charge in [-0.2, -0.15) is 0 Å². The maximum Gasteiger partial charge on any atom is 0.165 e. The number of nitrogens with one attached hydrogen (secondary N) is 8. The molecule has 8 bridgehead atoms. The molecule has 0 spiro atoms. The zero-order valence-electron chi connectivity index (χ0n) is 28.3. The highest BCUT2D eigenvalue weighted by molar-refractivity contribution is 5.18. The summed E-state index contributed by atoms with van der Waals surface area (Å²) in [5.74, 6) is -13.8. The maximum atomic E-state index is 15.8. The van der Waals surface area contributed by atoms with Crippen LogP contribution in [0.2, 0.25) is 0 Å². The summed E-state index contributed by atoms with van der Waals surface area (Å²) in [5.41, 5.74) is 0. The van der Waals surface area contributed by atoms with Crippen LogP contribution < -0.4 is 42.5 Å². The van der Waals surface area contributed by atoms with E-state index in [-0.39, 0.29) is 0 Å². The number of fused-ring (bicyclic) bond motifs is 20. The van der Waals surface area contributed by atoms with Crippen LogP contribution in [0.1, 0.15) is 6.42 Å². The van der Waals surface area contributed by atoms with E-state index < -0.39 is 196 Å². The van der Waals surface area contributed by atoms with Crippen molar-refractivity contribution in [3.05, 3.63) is 0 Å². The lowest BCUT2D eigenvalue weighted by Crippen LogP contribution is -2.62. The lowest BCUT2D eigenvalue weighted by atomic mass is 9.72. The second-order valence-electron chi connectivity index (χ2n) is 16.8. The van der Waals surface area contributed by atoms with Crippen molar-refractivity contribution in [1.82, 2.24) is 42.5 Å². The molecule has 0 aromatic carbocycles. The molecular formula is C32H41F15N8. The molecule has 8 nitrogen and oxygen atoms in total. The molecule has 0 radical (unpaired) electrons. The zero-order valence-corrected chi connectivity index (χ0v) is 28.3. The first-order valence-electron chi connectivity index (χ1n) is 18.7. The normalized spacial score (nSPS) is 65.6. The highest BCUT2D eigenvalue weighted by Gasteiger charge is 2.68. The third-order valence-electron chi connectivity index (χ3n) is 14.3. The second kappa shape index (κ2) is 13.9. The van der Waals surface area contributed by atoms with Crippen molar-refractivity contribution in [2.45, 2.75) is 148 Å². The van der Waals surface area contributed by atoms with Crippen molar-refractivity contribution in [3.63, 3.8) is 0 Å². The molecule has 31 atom stereocenters. The largest absolute Gasteiger partial charge is 0.286 e. The highest BCUT2D eigenvalue weighted by atomic mass is 19.2. The van der Waals surface area contributed by atoms with E-state index in [0.717, 1.165) is 0 Å². The van der Waals surface area contributed by atoms with Gasteiger partial charge >= 0.3 is 0 Å². The summed E-state index contributed by atoms with van der Waals surface area (Å²) in [4.78, 5) is 0. The highest BCUT2D eigenvalue weighted by Crippen LogP contribution is 2.50. The minimum absolute atomic E-state index is 0.664. The fourth-order valence-electron chi connectivity index (χ4n) is 11.8. The summed E-state index contributed by atoms with van der Waals surface area (Å²) in [6.45, 7) is 0. The van der Waals surface area contributed by atoms with Crippen molar-refractivity contribution in [2.24, 2.45) is 47.3 Å². The van der Waals surface area contributed by atoms with Gasteiger partial charge in [-0.15, -0.1) is 0 Å². The molecule has 4 aliphatic carbocycles. The first-order valence-corrected chi connectivity index (χ1v) is 18.7. The fourth-order valence-corrected chi connectivity index (χ4v) is 11.8. The summed E-state index contributed by atoms with van der Waals surface area (Å²) in [7, 11) is 0. The molecule has 9 fully saturated rings. The van der Waals surface area contributed by atoms with Crippen molar-refractivity contribution >= 4 is 0 Å². The van der Waals surface area contributed by atoms with Gasteiger partial charge < -0.3 is 0 Å². The van der Waals surface area contributed by atoms with Crippen LogP contribution in [0.15, 0.2) is 0 Å². The van der Waals surface area contributed by atoms with Crippen molar-refractivity contribution in [2.75, 3.05) is 0 Å². The van der Waals surface area contributed by atoms with Gasteiger partial charge in [0.25, 0.3) is 0 Å². The fraction of sp³-hybridized carbons (Fsp3) is 1.00. The van der Waals surface area contributed by atoms with Crippen LogP contribution in [0.25, 0.3) is 0 Å². The third kappa shape index (κ3) is 5.64. The van der Waals surface area contributed by atoms with Gasteiger partial charge in [0.05, 0.1) is 49.3 Å². The summed E-state index contributed by atoms with van der Waals surface area (Å²) >= 11 is 0. The first-order chi connectivity index (χ1) is 26.0. The second-order valence-corrected chi connectivity index (χ2v) is 16.8. The van der Waals surface area contributed by atoms with E-state index in [4.69, 9.17) is 0 Å². The number of rotatable bonds is 0.